The molecular formula is C31H28F2N8O3S. The number of H-pyrrole nitrogens is 2. The van der Waals surface area contributed by atoms with Crippen molar-refractivity contribution in [1.29, 1.82) is 0 Å². The number of hydrogen-bond donors (Lipinski definition) is 3. The van der Waals surface area contributed by atoms with Gasteiger partial charge in [0.2, 0.25) is 5.91 Å². The summed E-state index contributed by atoms with van der Waals surface area (Å²) in [6.45, 7) is 5.34. The summed E-state index contributed by atoms with van der Waals surface area (Å²) < 4.78 is 54.1. The van der Waals surface area contributed by atoms with Crippen LogP contribution in [0.2, 0.25) is 0 Å². The molecule has 0 bridgehead atoms. The van der Waals surface area contributed by atoms with Crippen LogP contribution in [0.25, 0.3) is 56.0 Å². The van der Waals surface area contributed by atoms with Crippen LogP contribution in [0.15, 0.2) is 55.1 Å². The Morgan fingerprint density at radius 2 is 1.76 bits per heavy atom. The Balaban J connectivity index is 1.40. The van der Waals surface area contributed by atoms with Crippen LogP contribution in [0.4, 0.5) is 14.5 Å². The van der Waals surface area contributed by atoms with Crippen molar-refractivity contribution in [2.24, 2.45) is 5.41 Å². The number of benzene rings is 1. The summed E-state index contributed by atoms with van der Waals surface area (Å²) in [4.78, 5) is 33.2. The van der Waals surface area contributed by atoms with Gasteiger partial charge in [0, 0.05) is 35.2 Å². The third kappa shape index (κ3) is 6.13. The van der Waals surface area contributed by atoms with E-state index in [2.05, 4.69) is 40.4 Å². The van der Waals surface area contributed by atoms with Crippen molar-refractivity contribution in [1.82, 2.24) is 35.1 Å². The van der Waals surface area contributed by atoms with Crippen LogP contribution >= 0.6 is 0 Å². The first-order chi connectivity index (χ1) is 21.3. The predicted octanol–water partition coefficient (Wildman–Crippen LogP) is 5.48. The number of aromatic nitrogens is 7. The fraction of sp³-hybridized carbons (Fsp3) is 0.226. The SMILES string of the molecule is CC(C)(C)C(=O)Nc1cncc(-c2ncc3[nH]nc(-c4nc5c(-c6cc(F)cc(CCS(C)(=O)=O)c6)nccc5[nH]4)c3c2F)c1. The molecule has 14 heteroatoms. The van der Waals surface area contributed by atoms with Gasteiger partial charge in [-0.2, -0.15) is 5.10 Å². The molecule has 1 aromatic carbocycles. The summed E-state index contributed by atoms with van der Waals surface area (Å²) in [5.74, 6) is -1.32. The van der Waals surface area contributed by atoms with E-state index in [4.69, 9.17) is 0 Å². The van der Waals surface area contributed by atoms with Gasteiger partial charge in [0.1, 0.15) is 32.6 Å². The molecular weight excluding hydrogens is 602 g/mol. The van der Waals surface area contributed by atoms with Crippen LogP contribution in [-0.4, -0.2) is 61.5 Å². The normalized spacial score (nSPS) is 12.2. The fourth-order valence-corrected chi connectivity index (χ4v) is 5.40. The van der Waals surface area contributed by atoms with E-state index in [1.165, 1.54) is 36.9 Å². The smallest absolute Gasteiger partial charge is 0.229 e. The number of sulfone groups is 1. The van der Waals surface area contributed by atoms with Crippen LogP contribution < -0.4 is 5.32 Å². The second-order valence-electron chi connectivity index (χ2n) is 11.8. The molecule has 1 amide bonds. The molecule has 5 aromatic heterocycles. The number of fused-ring (bicyclic) bond motifs is 2. The molecule has 0 unspecified atom stereocenters. The Morgan fingerprint density at radius 1 is 0.956 bits per heavy atom. The highest BCUT2D eigenvalue weighted by molar-refractivity contribution is 7.90. The number of rotatable bonds is 7. The first-order valence-corrected chi connectivity index (χ1v) is 15.9. The zero-order valence-electron chi connectivity index (χ0n) is 24.7. The van der Waals surface area contributed by atoms with Crippen LogP contribution in [-0.2, 0) is 21.1 Å². The van der Waals surface area contributed by atoms with Crippen LogP contribution in [0, 0.1) is 17.0 Å². The summed E-state index contributed by atoms with van der Waals surface area (Å²) in [7, 11) is -3.24. The number of carbonyl (C=O) groups is 1. The van der Waals surface area contributed by atoms with E-state index < -0.39 is 26.9 Å². The van der Waals surface area contributed by atoms with Gasteiger partial charge in [0.05, 0.1) is 45.9 Å². The van der Waals surface area contributed by atoms with Crippen molar-refractivity contribution in [2.45, 2.75) is 27.2 Å². The van der Waals surface area contributed by atoms with Gasteiger partial charge in [-0.3, -0.25) is 24.8 Å². The maximum atomic E-state index is 16.2. The lowest BCUT2D eigenvalue weighted by Crippen LogP contribution is -2.27. The van der Waals surface area contributed by atoms with E-state index in [-0.39, 0.29) is 40.7 Å². The Bertz CT molecular complexity index is 2220. The van der Waals surface area contributed by atoms with Crippen molar-refractivity contribution < 1.29 is 22.0 Å². The standard InChI is InChI=1S/C31H28F2N8O3S/c1-31(2,3)30(42)37-20-12-18(13-34-14-20)25-24(33)23-22(15-36-25)40-41-28(23)29-38-21-5-7-35-26(27(21)39-29)17-9-16(10-19(32)11-17)6-8-45(4,43)44/h5,7,9-15H,6,8H2,1-4H3,(H,37,42)(H,38,39)(H,40,41). The highest BCUT2D eigenvalue weighted by Gasteiger charge is 2.24. The number of aromatic amines is 2. The molecule has 0 saturated heterocycles. The largest absolute Gasteiger partial charge is 0.336 e. The Labute approximate surface area is 256 Å². The molecule has 0 fully saturated rings. The lowest BCUT2D eigenvalue weighted by Gasteiger charge is -2.17. The number of halogens is 2. The third-order valence-corrected chi connectivity index (χ3v) is 8.06. The molecule has 0 aliphatic heterocycles. The van der Waals surface area contributed by atoms with Gasteiger partial charge >= 0.3 is 0 Å². The van der Waals surface area contributed by atoms with E-state index >= 15 is 4.39 Å². The maximum absolute atomic E-state index is 16.2. The molecule has 11 nitrogen and oxygen atoms in total. The highest BCUT2D eigenvalue weighted by atomic mass is 32.2. The van der Waals surface area contributed by atoms with Gasteiger partial charge < -0.3 is 10.3 Å². The van der Waals surface area contributed by atoms with Crippen molar-refractivity contribution in [2.75, 3.05) is 17.3 Å². The molecule has 0 aliphatic carbocycles. The quantitative estimate of drug-likeness (QED) is 0.209. The predicted molar refractivity (Wildman–Crippen MR) is 167 cm³/mol. The molecule has 0 atom stereocenters. The minimum atomic E-state index is -3.24. The second kappa shape index (κ2) is 11.1. The minimum absolute atomic E-state index is 0.00404. The number of hydrogen-bond acceptors (Lipinski definition) is 8. The van der Waals surface area contributed by atoms with Crippen molar-refractivity contribution in [3.63, 3.8) is 0 Å². The number of nitrogens with one attached hydrogen (secondary N) is 3. The van der Waals surface area contributed by atoms with Gasteiger partial charge in [-0.05, 0) is 42.3 Å². The zero-order valence-corrected chi connectivity index (χ0v) is 25.6. The number of carbonyl (C=O) groups excluding carboxylic acids is 1. The lowest BCUT2D eigenvalue weighted by atomic mass is 9.95. The number of imidazole rings is 1. The van der Waals surface area contributed by atoms with Gasteiger partial charge in [-0.1, -0.05) is 20.8 Å². The van der Waals surface area contributed by atoms with Crippen molar-refractivity contribution in [3.05, 3.63) is 72.3 Å². The third-order valence-electron chi connectivity index (χ3n) is 7.11. The number of anilines is 1. The maximum Gasteiger partial charge on any atom is 0.229 e. The van der Waals surface area contributed by atoms with Crippen molar-refractivity contribution >= 4 is 43.4 Å². The fourth-order valence-electron chi connectivity index (χ4n) is 4.80. The molecule has 0 spiro atoms. The summed E-state index contributed by atoms with van der Waals surface area (Å²) in [6, 6.07) is 7.54. The molecule has 230 valence electrons. The van der Waals surface area contributed by atoms with Crippen LogP contribution in [0.1, 0.15) is 26.3 Å². The van der Waals surface area contributed by atoms with Gasteiger partial charge in [-0.25, -0.2) is 22.2 Å². The van der Waals surface area contributed by atoms with Crippen LogP contribution in [0.5, 0.6) is 0 Å². The number of aryl methyl sites for hydroxylation is 1. The molecule has 3 N–H and O–H groups in total. The molecule has 0 radical (unpaired) electrons. The van der Waals surface area contributed by atoms with E-state index in [0.717, 1.165) is 6.26 Å². The summed E-state index contributed by atoms with van der Waals surface area (Å²) in [5, 5.41) is 10.0. The summed E-state index contributed by atoms with van der Waals surface area (Å²) in [6.07, 6.45) is 7.17. The van der Waals surface area contributed by atoms with E-state index in [1.807, 2.05) is 0 Å². The van der Waals surface area contributed by atoms with Crippen LogP contribution in [0.3, 0.4) is 0 Å². The number of nitrogens with zero attached hydrogens (tertiary/aromatic N) is 5. The Hall–Kier alpha value is -5.11. The van der Waals surface area contributed by atoms with Crippen molar-refractivity contribution in [3.8, 4) is 34.0 Å². The van der Waals surface area contributed by atoms with Gasteiger partial charge in [0.15, 0.2) is 11.6 Å². The topological polar surface area (TPSA) is 159 Å². The number of amides is 1. The van der Waals surface area contributed by atoms with E-state index in [0.29, 0.717) is 44.6 Å². The second-order valence-corrected chi connectivity index (χ2v) is 14.1. The number of pyridine rings is 3. The average molecular weight is 631 g/mol. The molecule has 6 aromatic rings. The lowest BCUT2D eigenvalue weighted by molar-refractivity contribution is -0.123. The van der Waals surface area contributed by atoms with Gasteiger partial charge in [0.25, 0.3) is 0 Å². The first-order valence-electron chi connectivity index (χ1n) is 13.9. The highest BCUT2D eigenvalue weighted by Crippen LogP contribution is 2.34. The Kier molecular flexibility index (Phi) is 7.39. The Morgan fingerprint density at radius 3 is 2.51 bits per heavy atom. The molecule has 5 heterocycles. The van der Waals surface area contributed by atoms with E-state index in [9.17, 15) is 17.6 Å². The van der Waals surface area contributed by atoms with E-state index in [1.54, 1.807) is 39.0 Å². The summed E-state index contributed by atoms with van der Waals surface area (Å²) >= 11 is 0. The molecule has 0 saturated carbocycles. The molecule has 45 heavy (non-hydrogen) atoms. The monoisotopic (exact) mass is 630 g/mol. The zero-order chi connectivity index (χ0) is 32.1. The molecule has 0 aliphatic rings. The molecule has 6 rings (SSSR count). The summed E-state index contributed by atoms with van der Waals surface area (Å²) in [5.41, 5.74) is 2.85. The van der Waals surface area contributed by atoms with Gasteiger partial charge in [-0.15, -0.1) is 0 Å². The first kappa shape index (κ1) is 29.9. The average Bonchev–Trinajstić information content (AvgIpc) is 3.60. The minimum Gasteiger partial charge on any atom is -0.336 e.